The molecule has 0 bridgehead atoms. The Morgan fingerprint density at radius 1 is 1.05 bits per heavy atom. The van der Waals surface area contributed by atoms with Crippen LogP contribution in [0.15, 0.2) is 24.3 Å². The molecule has 5 amide bonds. The second kappa shape index (κ2) is 20.0. The molecule has 246 valence electrons. The van der Waals surface area contributed by atoms with Crippen LogP contribution in [0.2, 0.25) is 0 Å². The molecule has 0 aromatic heterocycles. The van der Waals surface area contributed by atoms with Crippen molar-refractivity contribution in [3.05, 3.63) is 29.8 Å². The second-order valence-electron chi connectivity index (χ2n) is 10.5. The number of amides is 5. The summed E-state index contributed by atoms with van der Waals surface area (Å²) in [6.07, 6.45) is 2.31. The molecular weight excluding hydrogens is 594 g/mol. The number of hydrogen-bond donors (Lipinski definition) is 3. The summed E-state index contributed by atoms with van der Waals surface area (Å²) in [5, 5.41) is 7.98. The largest absolute Gasteiger partial charge is 0.445 e. The number of carbonyl (C=O) groups excluding carboxylic acids is 6. The van der Waals surface area contributed by atoms with E-state index in [0.717, 1.165) is 12.8 Å². The van der Waals surface area contributed by atoms with Crippen LogP contribution in [-0.2, 0) is 46.2 Å². The first-order valence-electron chi connectivity index (χ1n) is 14.4. The van der Waals surface area contributed by atoms with Crippen LogP contribution in [0.1, 0.15) is 52.5 Å². The van der Waals surface area contributed by atoms with Crippen molar-refractivity contribution < 1.29 is 42.6 Å². The van der Waals surface area contributed by atoms with E-state index in [-0.39, 0.29) is 18.9 Å². The molecule has 3 N–H and O–H groups in total. The number of aldehydes is 1. The van der Waals surface area contributed by atoms with E-state index in [2.05, 4.69) is 16.0 Å². The number of rotatable bonds is 17. The third-order valence-corrected chi connectivity index (χ3v) is 7.21. The van der Waals surface area contributed by atoms with Gasteiger partial charge >= 0.3 is 12.2 Å². The van der Waals surface area contributed by atoms with Crippen LogP contribution in [0.25, 0.3) is 0 Å². The highest BCUT2D eigenvalue weighted by atomic mass is 32.2. The van der Waals surface area contributed by atoms with Crippen LogP contribution < -0.4 is 16.0 Å². The molecule has 15 heteroatoms. The molecule has 1 aromatic rings. The number of nitrogens with one attached hydrogen (secondary N) is 3. The molecule has 44 heavy (non-hydrogen) atoms. The van der Waals surface area contributed by atoms with E-state index < -0.39 is 59.2 Å². The van der Waals surface area contributed by atoms with Crippen LogP contribution in [0.4, 0.5) is 15.3 Å². The van der Waals surface area contributed by atoms with Crippen molar-refractivity contribution in [3.8, 4) is 0 Å². The van der Waals surface area contributed by atoms with Crippen molar-refractivity contribution in [2.24, 2.45) is 11.8 Å². The highest BCUT2D eigenvalue weighted by Gasteiger charge is 2.22. The van der Waals surface area contributed by atoms with Gasteiger partial charge in [0.1, 0.15) is 25.5 Å². The SMILES string of the molecule is CCCCN(CCS(C)=O)C(=O)OCc1ccc(NC(=O)C(C)NC(=O)CNC(=O)ON(C)C(=O)CC(C=O)C(C)C)cc1. The fourth-order valence-corrected chi connectivity index (χ4v) is 4.02. The maximum atomic E-state index is 12.5. The van der Waals surface area contributed by atoms with Gasteiger partial charge in [-0.1, -0.05) is 39.3 Å². The first kappa shape index (κ1) is 38.0. The highest BCUT2D eigenvalue weighted by Crippen LogP contribution is 2.14. The average molecular weight is 640 g/mol. The Balaban J connectivity index is 2.48. The number of hydroxylamine groups is 2. The zero-order chi connectivity index (χ0) is 33.2. The number of benzene rings is 1. The quantitative estimate of drug-likeness (QED) is 0.170. The lowest BCUT2D eigenvalue weighted by molar-refractivity contribution is -0.161. The fraction of sp³-hybridized carbons (Fsp3) is 0.586. The molecule has 0 saturated carbocycles. The standard InChI is InChI=1S/C29H45N5O9S/c1-7-8-13-34(14-15-44(6)41)29(40)42-19-22-9-11-24(12-10-22)32-27(38)21(4)31-25(36)17-30-28(39)43-33(5)26(37)16-23(18-35)20(2)3/h9-12,18,20-21,23H,7-8,13-17,19H2,1-6H3,(H,30,39)(H,31,36)(H,32,38). The summed E-state index contributed by atoms with van der Waals surface area (Å²) in [5.74, 6) is -1.97. The maximum absolute atomic E-state index is 12.5. The minimum absolute atomic E-state index is 0.0218. The fourth-order valence-electron chi connectivity index (χ4n) is 3.54. The highest BCUT2D eigenvalue weighted by molar-refractivity contribution is 7.84. The summed E-state index contributed by atoms with van der Waals surface area (Å²) in [6, 6.07) is 5.66. The lowest BCUT2D eigenvalue weighted by Crippen LogP contribution is -2.46. The van der Waals surface area contributed by atoms with E-state index in [9.17, 15) is 33.0 Å². The molecule has 0 aliphatic rings. The molecule has 0 spiro atoms. The van der Waals surface area contributed by atoms with Gasteiger partial charge in [0.25, 0.3) is 5.91 Å². The minimum Gasteiger partial charge on any atom is -0.445 e. The lowest BCUT2D eigenvalue weighted by atomic mass is 9.94. The van der Waals surface area contributed by atoms with Gasteiger partial charge in [-0.05, 0) is 37.0 Å². The van der Waals surface area contributed by atoms with E-state index in [1.807, 2.05) is 6.92 Å². The van der Waals surface area contributed by atoms with Crippen LogP contribution in [-0.4, -0.2) is 95.1 Å². The molecule has 0 aliphatic heterocycles. The number of carbonyl (C=O) groups is 6. The van der Waals surface area contributed by atoms with E-state index in [1.165, 1.54) is 14.0 Å². The van der Waals surface area contributed by atoms with Gasteiger partial charge in [-0.25, -0.2) is 9.59 Å². The Bertz CT molecular complexity index is 1150. The maximum Gasteiger partial charge on any atom is 0.432 e. The molecule has 0 fully saturated rings. The second-order valence-corrected chi connectivity index (χ2v) is 12.1. The summed E-state index contributed by atoms with van der Waals surface area (Å²) < 4.78 is 16.8. The number of nitrogens with zero attached hydrogens (tertiary/aromatic N) is 2. The smallest absolute Gasteiger partial charge is 0.432 e. The number of anilines is 1. The van der Waals surface area contributed by atoms with E-state index in [1.54, 1.807) is 49.3 Å². The van der Waals surface area contributed by atoms with Gasteiger partial charge < -0.3 is 35.2 Å². The number of unbranched alkanes of at least 4 members (excludes halogenated alkanes) is 1. The first-order valence-corrected chi connectivity index (χ1v) is 16.1. The number of hydrogen-bond acceptors (Lipinski definition) is 9. The van der Waals surface area contributed by atoms with Crippen molar-refractivity contribution in [1.82, 2.24) is 20.6 Å². The topological polar surface area (TPSA) is 181 Å². The van der Waals surface area contributed by atoms with Gasteiger partial charge in [-0.3, -0.25) is 18.6 Å². The normalized spacial score (nSPS) is 12.7. The molecule has 0 radical (unpaired) electrons. The van der Waals surface area contributed by atoms with Crippen molar-refractivity contribution in [2.45, 2.75) is 59.6 Å². The third kappa shape index (κ3) is 14.9. The number of ether oxygens (including phenoxy) is 1. The minimum atomic E-state index is -1.06. The molecule has 14 nitrogen and oxygen atoms in total. The third-order valence-electron chi connectivity index (χ3n) is 6.45. The van der Waals surface area contributed by atoms with Gasteiger partial charge in [-0.2, -0.15) is 5.06 Å². The van der Waals surface area contributed by atoms with Crippen molar-refractivity contribution >= 4 is 52.7 Å². The summed E-state index contributed by atoms with van der Waals surface area (Å²) in [6.45, 7) is 7.44. The Kier molecular flexibility index (Phi) is 17.3. The summed E-state index contributed by atoms with van der Waals surface area (Å²) in [7, 11) is 0.198. The summed E-state index contributed by atoms with van der Waals surface area (Å²) in [5.41, 5.74) is 1.14. The Morgan fingerprint density at radius 2 is 1.70 bits per heavy atom. The zero-order valence-corrected chi connectivity index (χ0v) is 27.1. The Morgan fingerprint density at radius 3 is 2.27 bits per heavy atom. The van der Waals surface area contributed by atoms with E-state index in [0.29, 0.717) is 41.4 Å². The van der Waals surface area contributed by atoms with Gasteiger partial charge in [0.15, 0.2) is 0 Å². The van der Waals surface area contributed by atoms with Gasteiger partial charge in [0, 0.05) is 61.0 Å². The van der Waals surface area contributed by atoms with Gasteiger partial charge in [0.05, 0.1) is 0 Å². The molecule has 0 saturated heterocycles. The molecule has 3 atom stereocenters. The van der Waals surface area contributed by atoms with Crippen molar-refractivity contribution in [3.63, 3.8) is 0 Å². The Hall–Kier alpha value is -4.01. The predicted octanol–water partition coefficient (Wildman–Crippen LogP) is 2.21. The van der Waals surface area contributed by atoms with E-state index >= 15 is 0 Å². The summed E-state index contributed by atoms with van der Waals surface area (Å²) >= 11 is 0. The van der Waals surface area contributed by atoms with Gasteiger partial charge in [-0.15, -0.1) is 0 Å². The first-order chi connectivity index (χ1) is 20.8. The average Bonchev–Trinajstić information content (AvgIpc) is 2.97. The molecule has 3 unspecified atom stereocenters. The van der Waals surface area contributed by atoms with Crippen molar-refractivity contribution in [2.75, 3.05) is 44.0 Å². The van der Waals surface area contributed by atoms with Crippen LogP contribution in [0.5, 0.6) is 0 Å². The van der Waals surface area contributed by atoms with Crippen LogP contribution >= 0.6 is 0 Å². The molecular formula is C29H45N5O9S. The summed E-state index contributed by atoms with van der Waals surface area (Å²) in [4.78, 5) is 78.8. The lowest BCUT2D eigenvalue weighted by Gasteiger charge is -2.21. The van der Waals surface area contributed by atoms with Crippen molar-refractivity contribution in [1.29, 1.82) is 0 Å². The Labute approximate surface area is 261 Å². The van der Waals surface area contributed by atoms with Crippen LogP contribution in [0, 0.1) is 11.8 Å². The zero-order valence-electron chi connectivity index (χ0n) is 26.3. The predicted molar refractivity (Wildman–Crippen MR) is 165 cm³/mol. The molecule has 1 rings (SSSR count). The van der Waals surface area contributed by atoms with E-state index in [4.69, 9.17) is 9.57 Å². The molecule has 1 aromatic carbocycles. The molecule has 0 aliphatic carbocycles. The molecule has 0 heterocycles. The van der Waals surface area contributed by atoms with Gasteiger partial charge in [0.2, 0.25) is 11.8 Å². The van der Waals surface area contributed by atoms with Crippen LogP contribution in [0.3, 0.4) is 0 Å². The monoisotopic (exact) mass is 639 g/mol.